The number of carbonyl (C=O) groups is 2. The third kappa shape index (κ3) is 5.51. The Hall–Kier alpha value is -2.10. The molecule has 0 atom stereocenters. The first-order valence-electron chi connectivity index (χ1n) is 5.24. The van der Waals surface area contributed by atoms with Gasteiger partial charge in [0.2, 0.25) is 0 Å². The van der Waals surface area contributed by atoms with Crippen LogP contribution >= 0.6 is 0 Å². The van der Waals surface area contributed by atoms with Gasteiger partial charge in [-0.1, -0.05) is 30.9 Å². The predicted octanol–water partition coefficient (Wildman–Crippen LogP) is 2.10. The molecule has 0 aliphatic carbocycles. The zero-order chi connectivity index (χ0) is 12.5. The fourth-order valence-corrected chi connectivity index (χ4v) is 1.10. The Morgan fingerprint density at radius 1 is 1.12 bits per heavy atom. The molecule has 17 heavy (non-hydrogen) atoms. The van der Waals surface area contributed by atoms with Gasteiger partial charge in [-0.2, -0.15) is 0 Å². The predicted molar refractivity (Wildman–Crippen MR) is 62.5 cm³/mol. The topological polar surface area (TPSA) is 52.6 Å². The van der Waals surface area contributed by atoms with E-state index in [2.05, 4.69) is 6.58 Å². The maximum Gasteiger partial charge on any atom is 0.311 e. The highest BCUT2D eigenvalue weighted by atomic mass is 16.5. The van der Waals surface area contributed by atoms with Crippen LogP contribution in [-0.4, -0.2) is 18.5 Å². The Morgan fingerprint density at radius 3 is 2.41 bits per heavy atom. The summed E-state index contributed by atoms with van der Waals surface area (Å²) in [4.78, 5) is 22.4. The molecular weight excluding hydrogens is 220 g/mol. The van der Waals surface area contributed by atoms with E-state index in [0.29, 0.717) is 5.75 Å². The molecule has 4 nitrogen and oxygen atoms in total. The van der Waals surface area contributed by atoms with Crippen LogP contribution in [0.5, 0.6) is 5.75 Å². The molecule has 0 saturated carbocycles. The lowest BCUT2D eigenvalue weighted by Gasteiger charge is -2.03. The fourth-order valence-electron chi connectivity index (χ4n) is 1.10. The van der Waals surface area contributed by atoms with Crippen molar-refractivity contribution >= 4 is 11.9 Å². The second-order valence-electron chi connectivity index (χ2n) is 3.26. The second kappa shape index (κ2) is 7.22. The van der Waals surface area contributed by atoms with Crippen LogP contribution in [0.4, 0.5) is 0 Å². The average Bonchev–Trinajstić information content (AvgIpc) is 2.35. The van der Waals surface area contributed by atoms with E-state index in [4.69, 9.17) is 9.47 Å². The zero-order valence-electron chi connectivity index (χ0n) is 9.43. The van der Waals surface area contributed by atoms with E-state index in [-0.39, 0.29) is 19.4 Å². The van der Waals surface area contributed by atoms with Gasteiger partial charge >= 0.3 is 11.9 Å². The summed E-state index contributed by atoms with van der Waals surface area (Å²) in [6, 6.07) is 8.70. The number of benzene rings is 1. The van der Waals surface area contributed by atoms with E-state index in [9.17, 15) is 9.59 Å². The molecule has 0 aromatic heterocycles. The number of ether oxygens (including phenoxy) is 2. The van der Waals surface area contributed by atoms with E-state index < -0.39 is 11.9 Å². The lowest BCUT2D eigenvalue weighted by Crippen LogP contribution is -2.12. The summed E-state index contributed by atoms with van der Waals surface area (Å²) >= 11 is 0. The van der Waals surface area contributed by atoms with Gasteiger partial charge in [0.1, 0.15) is 12.4 Å². The number of hydrogen-bond acceptors (Lipinski definition) is 4. The summed E-state index contributed by atoms with van der Waals surface area (Å²) in [5, 5.41) is 0. The van der Waals surface area contributed by atoms with Crippen molar-refractivity contribution in [1.82, 2.24) is 0 Å². The molecule has 0 fully saturated rings. The van der Waals surface area contributed by atoms with Crippen molar-refractivity contribution < 1.29 is 19.1 Å². The SMILES string of the molecule is C=CCOC(=O)CCC(=O)Oc1ccccc1. The Labute approximate surface area is 99.8 Å². The van der Waals surface area contributed by atoms with Crippen LogP contribution in [0.15, 0.2) is 43.0 Å². The monoisotopic (exact) mass is 234 g/mol. The molecule has 0 heterocycles. The van der Waals surface area contributed by atoms with Gasteiger partial charge in [0.05, 0.1) is 12.8 Å². The third-order valence-electron chi connectivity index (χ3n) is 1.87. The van der Waals surface area contributed by atoms with Gasteiger partial charge in [-0.25, -0.2) is 0 Å². The van der Waals surface area contributed by atoms with E-state index in [1.807, 2.05) is 6.07 Å². The van der Waals surface area contributed by atoms with Gasteiger partial charge in [-0.3, -0.25) is 9.59 Å². The normalized spacial score (nSPS) is 9.41. The Kier molecular flexibility index (Phi) is 5.51. The quantitative estimate of drug-likeness (QED) is 0.429. The van der Waals surface area contributed by atoms with Crippen molar-refractivity contribution in [3.05, 3.63) is 43.0 Å². The first kappa shape index (κ1) is 13.0. The second-order valence-corrected chi connectivity index (χ2v) is 3.26. The van der Waals surface area contributed by atoms with Gasteiger partial charge in [-0.05, 0) is 12.1 Å². The van der Waals surface area contributed by atoms with Gasteiger partial charge in [0, 0.05) is 0 Å². The summed E-state index contributed by atoms with van der Waals surface area (Å²) in [6.07, 6.45) is 1.49. The van der Waals surface area contributed by atoms with E-state index in [0.717, 1.165) is 0 Å². The summed E-state index contributed by atoms with van der Waals surface area (Å²) in [5.74, 6) is -0.418. The number of para-hydroxylation sites is 1. The van der Waals surface area contributed by atoms with Crippen molar-refractivity contribution in [3.63, 3.8) is 0 Å². The minimum absolute atomic E-state index is 0.00483. The van der Waals surface area contributed by atoms with Gasteiger partial charge < -0.3 is 9.47 Å². The molecule has 1 aromatic rings. The highest BCUT2D eigenvalue weighted by Crippen LogP contribution is 2.09. The van der Waals surface area contributed by atoms with E-state index >= 15 is 0 Å². The fraction of sp³-hybridized carbons (Fsp3) is 0.231. The van der Waals surface area contributed by atoms with Crippen LogP contribution in [0.3, 0.4) is 0 Å². The maximum absolute atomic E-state index is 11.3. The number of carbonyl (C=O) groups excluding carboxylic acids is 2. The molecule has 0 amide bonds. The average molecular weight is 234 g/mol. The first-order chi connectivity index (χ1) is 8.22. The summed E-state index contributed by atoms with van der Waals surface area (Å²) < 4.78 is 9.73. The van der Waals surface area contributed by atoms with Crippen molar-refractivity contribution in [2.75, 3.05) is 6.61 Å². The molecule has 0 spiro atoms. The molecule has 1 aromatic carbocycles. The standard InChI is InChI=1S/C13H14O4/c1-2-10-16-12(14)8-9-13(15)17-11-6-4-3-5-7-11/h2-7H,1,8-10H2. The highest BCUT2D eigenvalue weighted by molar-refractivity contribution is 5.79. The zero-order valence-corrected chi connectivity index (χ0v) is 9.43. The van der Waals surface area contributed by atoms with Crippen LogP contribution in [0.25, 0.3) is 0 Å². The van der Waals surface area contributed by atoms with Crippen molar-refractivity contribution in [2.24, 2.45) is 0 Å². The molecule has 0 unspecified atom stereocenters. The van der Waals surface area contributed by atoms with E-state index in [1.54, 1.807) is 24.3 Å². The molecule has 0 bridgehead atoms. The van der Waals surface area contributed by atoms with E-state index in [1.165, 1.54) is 6.08 Å². The molecule has 0 saturated heterocycles. The number of esters is 2. The maximum atomic E-state index is 11.3. The molecule has 90 valence electrons. The summed E-state index contributed by atoms with van der Waals surface area (Å²) in [7, 11) is 0. The lowest BCUT2D eigenvalue weighted by molar-refractivity contribution is -0.145. The third-order valence-corrected chi connectivity index (χ3v) is 1.87. The first-order valence-corrected chi connectivity index (χ1v) is 5.24. The van der Waals surface area contributed by atoms with Crippen molar-refractivity contribution in [3.8, 4) is 5.75 Å². The summed E-state index contributed by atoms with van der Waals surface area (Å²) in [6.45, 7) is 3.57. The molecule has 0 aliphatic rings. The van der Waals surface area contributed by atoms with Gasteiger partial charge in [0.15, 0.2) is 0 Å². The Bertz CT molecular complexity index is 384. The van der Waals surface area contributed by atoms with Crippen LogP contribution in [0, 0.1) is 0 Å². The Balaban J connectivity index is 2.26. The lowest BCUT2D eigenvalue weighted by atomic mass is 10.3. The van der Waals surface area contributed by atoms with Crippen LogP contribution in [-0.2, 0) is 14.3 Å². The van der Waals surface area contributed by atoms with Crippen LogP contribution < -0.4 is 4.74 Å². The molecule has 0 radical (unpaired) electrons. The molecular formula is C13H14O4. The number of rotatable bonds is 6. The van der Waals surface area contributed by atoms with Gasteiger partial charge in [-0.15, -0.1) is 0 Å². The molecule has 1 rings (SSSR count). The smallest absolute Gasteiger partial charge is 0.311 e. The minimum atomic E-state index is -0.452. The molecule has 0 N–H and O–H groups in total. The molecule has 0 aliphatic heterocycles. The largest absolute Gasteiger partial charge is 0.461 e. The van der Waals surface area contributed by atoms with Crippen LogP contribution in [0.2, 0.25) is 0 Å². The highest BCUT2D eigenvalue weighted by Gasteiger charge is 2.09. The number of hydrogen-bond donors (Lipinski definition) is 0. The molecule has 4 heteroatoms. The Morgan fingerprint density at radius 2 is 1.76 bits per heavy atom. The van der Waals surface area contributed by atoms with Crippen molar-refractivity contribution in [2.45, 2.75) is 12.8 Å². The van der Waals surface area contributed by atoms with Gasteiger partial charge in [0.25, 0.3) is 0 Å². The van der Waals surface area contributed by atoms with Crippen LogP contribution in [0.1, 0.15) is 12.8 Å². The minimum Gasteiger partial charge on any atom is -0.461 e. The van der Waals surface area contributed by atoms with Crippen molar-refractivity contribution in [1.29, 1.82) is 0 Å². The summed E-state index contributed by atoms with van der Waals surface area (Å²) in [5.41, 5.74) is 0.